The van der Waals surface area contributed by atoms with Crippen molar-refractivity contribution in [2.24, 2.45) is 0 Å². The molecular formula is C14H21ClN2OS. The Hall–Kier alpha value is -0.710. The van der Waals surface area contributed by atoms with Crippen LogP contribution in [0.4, 0.5) is 5.69 Å². The van der Waals surface area contributed by atoms with Gasteiger partial charge in [-0.3, -0.25) is 4.79 Å². The van der Waals surface area contributed by atoms with E-state index in [4.69, 9.17) is 0 Å². The Bertz CT molecular complexity index is 391. The second kappa shape index (κ2) is 8.46. The first kappa shape index (κ1) is 16.3. The number of piperidine rings is 1. The molecule has 1 aromatic carbocycles. The molecule has 0 radical (unpaired) electrons. The lowest BCUT2D eigenvalue weighted by molar-refractivity contribution is -0.118. The summed E-state index contributed by atoms with van der Waals surface area (Å²) in [7, 11) is 0. The second-order valence-electron chi connectivity index (χ2n) is 4.62. The van der Waals surface area contributed by atoms with E-state index in [0.717, 1.165) is 30.8 Å². The summed E-state index contributed by atoms with van der Waals surface area (Å²) in [5.41, 5.74) is 2.17. The fourth-order valence-electron chi connectivity index (χ4n) is 2.16. The number of hydrogen-bond acceptors (Lipinski definition) is 3. The Balaban J connectivity index is 0.00000180. The van der Waals surface area contributed by atoms with Gasteiger partial charge in [-0.2, -0.15) is 11.8 Å². The predicted octanol–water partition coefficient (Wildman–Crippen LogP) is 3.05. The second-order valence-corrected chi connectivity index (χ2v) is 5.49. The lowest BCUT2D eigenvalue weighted by atomic mass is 10.0. The summed E-state index contributed by atoms with van der Waals surface area (Å²) >= 11 is 1.80. The molecule has 1 aliphatic rings. The van der Waals surface area contributed by atoms with Crippen LogP contribution in [0.2, 0.25) is 0 Å². The SMILES string of the molecule is CSCc1ccc(NC(=O)C2CCCCN2)cc1.Cl. The Morgan fingerprint density at radius 2 is 2.11 bits per heavy atom. The number of anilines is 1. The normalized spacial score (nSPS) is 18.5. The first-order chi connectivity index (χ1) is 8.79. The average molecular weight is 301 g/mol. The number of nitrogens with one attached hydrogen (secondary N) is 2. The van der Waals surface area contributed by atoms with Crippen molar-refractivity contribution in [3.63, 3.8) is 0 Å². The minimum absolute atomic E-state index is 0. The van der Waals surface area contributed by atoms with Crippen LogP contribution in [-0.4, -0.2) is 24.7 Å². The van der Waals surface area contributed by atoms with E-state index in [0.29, 0.717) is 0 Å². The minimum atomic E-state index is -0.0235. The average Bonchev–Trinajstić information content (AvgIpc) is 2.42. The summed E-state index contributed by atoms with van der Waals surface area (Å²) in [6.07, 6.45) is 5.34. The van der Waals surface area contributed by atoms with Crippen LogP contribution >= 0.6 is 24.2 Å². The fraction of sp³-hybridized carbons (Fsp3) is 0.500. The van der Waals surface area contributed by atoms with Crippen LogP contribution in [0.1, 0.15) is 24.8 Å². The number of benzene rings is 1. The Labute approximate surface area is 125 Å². The van der Waals surface area contributed by atoms with E-state index < -0.39 is 0 Å². The lowest BCUT2D eigenvalue weighted by Crippen LogP contribution is -2.43. The molecule has 1 amide bonds. The molecule has 0 saturated carbocycles. The van der Waals surface area contributed by atoms with E-state index in [1.54, 1.807) is 11.8 Å². The quantitative estimate of drug-likeness (QED) is 0.898. The van der Waals surface area contributed by atoms with Gasteiger partial charge in [0, 0.05) is 11.4 Å². The monoisotopic (exact) mass is 300 g/mol. The molecule has 3 nitrogen and oxygen atoms in total. The molecule has 0 spiro atoms. The van der Waals surface area contributed by atoms with E-state index in [-0.39, 0.29) is 24.4 Å². The molecule has 1 aliphatic heterocycles. The number of rotatable bonds is 4. The van der Waals surface area contributed by atoms with Crippen molar-refractivity contribution in [2.45, 2.75) is 31.1 Å². The van der Waals surface area contributed by atoms with Crippen molar-refractivity contribution in [3.8, 4) is 0 Å². The third kappa shape index (κ3) is 5.05. The molecule has 1 heterocycles. The zero-order valence-electron chi connectivity index (χ0n) is 11.1. The van der Waals surface area contributed by atoms with Crippen molar-refractivity contribution in [2.75, 3.05) is 18.1 Å². The molecule has 2 N–H and O–H groups in total. The van der Waals surface area contributed by atoms with Gasteiger partial charge in [-0.1, -0.05) is 18.6 Å². The molecule has 1 saturated heterocycles. The van der Waals surface area contributed by atoms with Crippen molar-refractivity contribution in [3.05, 3.63) is 29.8 Å². The van der Waals surface area contributed by atoms with Gasteiger partial charge in [0.25, 0.3) is 0 Å². The summed E-state index contributed by atoms with van der Waals surface area (Å²) in [6.45, 7) is 0.949. The summed E-state index contributed by atoms with van der Waals surface area (Å²) < 4.78 is 0. The van der Waals surface area contributed by atoms with E-state index >= 15 is 0 Å². The van der Waals surface area contributed by atoms with Gasteiger partial charge in [-0.25, -0.2) is 0 Å². The van der Waals surface area contributed by atoms with Crippen molar-refractivity contribution in [1.29, 1.82) is 0 Å². The number of hydrogen-bond donors (Lipinski definition) is 2. The standard InChI is InChI=1S/C14H20N2OS.ClH/c1-18-10-11-5-7-12(8-6-11)16-14(17)13-4-2-3-9-15-13;/h5-8,13,15H,2-4,9-10H2,1H3,(H,16,17);1H. The minimum Gasteiger partial charge on any atom is -0.325 e. The molecule has 2 rings (SSSR count). The van der Waals surface area contributed by atoms with Crippen molar-refractivity contribution in [1.82, 2.24) is 5.32 Å². The highest BCUT2D eigenvalue weighted by atomic mass is 35.5. The Morgan fingerprint density at radius 1 is 1.37 bits per heavy atom. The molecule has 19 heavy (non-hydrogen) atoms. The van der Waals surface area contributed by atoms with E-state index in [1.165, 1.54) is 12.0 Å². The Morgan fingerprint density at radius 3 is 2.68 bits per heavy atom. The van der Waals surface area contributed by atoms with Crippen LogP contribution in [0, 0.1) is 0 Å². The van der Waals surface area contributed by atoms with Crippen molar-refractivity contribution < 1.29 is 4.79 Å². The van der Waals surface area contributed by atoms with Gasteiger partial charge >= 0.3 is 0 Å². The van der Waals surface area contributed by atoms with Crippen LogP contribution in [0.15, 0.2) is 24.3 Å². The van der Waals surface area contributed by atoms with E-state index in [1.807, 2.05) is 12.1 Å². The molecule has 0 aliphatic carbocycles. The summed E-state index contributed by atoms with van der Waals surface area (Å²) in [6, 6.07) is 8.07. The maximum atomic E-state index is 12.0. The number of halogens is 1. The zero-order valence-corrected chi connectivity index (χ0v) is 12.8. The van der Waals surface area contributed by atoms with Gasteiger partial charge < -0.3 is 10.6 Å². The van der Waals surface area contributed by atoms with Gasteiger partial charge in [-0.15, -0.1) is 12.4 Å². The van der Waals surface area contributed by atoms with Crippen LogP contribution in [0.3, 0.4) is 0 Å². The van der Waals surface area contributed by atoms with Gasteiger partial charge in [-0.05, 0) is 43.3 Å². The van der Waals surface area contributed by atoms with Gasteiger partial charge in [0.1, 0.15) is 0 Å². The van der Waals surface area contributed by atoms with Crippen molar-refractivity contribution >= 4 is 35.8 Å². The highest BCUT2D eigenvalue weighted by Gasteiger charge is 2.20. The molecule has 1 unspecified atom stereocenters. The predicted molar refractivity (Wildman–Crippen MR) is 85.2 cm³/mol. The lowest BCUT2D eigenvalue weighted by Gasteiger charge is -2.22. The van der Waals surface area contributed by atoms with E-state index in [9.17, 15) is 4.79 Å². The highest BCUT2D eigenvalue weighted by Crippen LogP contribution is 2.15. The largest absolute Gasteiger partial charge is 0.325 e. The number of carbonyl (C=O) groups excluding carboxylic acids is 1. The smallest absolute Gasteiger partial charge is 0.241 e. The molecule has 1 aromatic rings. The molecule has 0 aromatic heterocycles. The van der Waals surface area contributed by atoms with Gasteiger partial charge in [0.05, 0.1) is 6.04 Å². The molecule has 0 bridgehead atoms. The molecule has 5 heteroatoms. The van der Waals surface area contributed by atoms with Crippen LogP contribution in [-0.2, 0) is 10.5 Å². The number of thioether (sulfide) groups is 1. The number of carbonyl (C=O) groups is 1. The van der Waals surface area contributed by atoms with Crippen LogP contribution in [0.25, 0.3) is 0 Å². The summed E-state index contributed by atoms with van der Waals surface area (Å²) in [5.74, 6) is 1.10. The molecule has 1 fully saturated rings. The molecular weight excluding hydrogens is 280 g/mol. The highest BCUT2D eigenvalue weighted by molar-refractivity contribution is 7.97. The van der Waals surface area contributed by atoms with E-state index in [2.05, 4.69) is 29.0 Å². The fourth-order valence-corrected chi connectivity index (χ4v) is 2.68. The number of amides is 1. The summed E-state index contributed by atoms with van der Waals surface area (Å²) in [5, 5.41) is 6.23. The summed E-state index contributed by atoms with van der Waals surface area (Å²) in [4.78, 5) is 12.0. The Kier molecular flexibility index (Phi) is 7.28. The molecule has 1 atom stereocenters. The first-order valence-corrected chi connectivity index (χ1v) is 7.81. The maximum absolute atomic E-state index is 12.0. The third-order valence-corrected chi connectivity index (χ3v) is 3.78. The first-order valence-electron chi connectivity index (χ1n) is 6.42. The maximum Gasteiger partial charge on any atom is 0.241 e. The molecule has 106 valence electrons. The van der Waals surface area contributed by atoms with Crippen LogP contribution in [0.5, 0.6) is 0 Å². The van der Waals surface area contributed by atoms with Gasteiger partial charge in [0.2, 0.25) is 5.91 Å². The van der Waals surface area contributed by atoms with Gasteiger partial charge in [0.15, 0.2) is 0 Å². The third-order valence-electron chi connectivity index (χ3n) is 3.16. The van der Waals surface area contributed by atoms with Crippen LogP contribution < -0.4 is 10.6 Å². The zero-order chi connectivity index (χ0) is 12.8. The topological polar surface area (TPSA) is 41.1 Å².